The summed E-state index contributed by atoms with van der Waals surface area (Å²) in [5, 5.41) is 3.16. The molecule has 126 valence electrons. The zero-order chi connectivity index (χ0) is 17.1. The number of hydrogen-bond acceptors (Lipinski definition) is 3. The fourth-order valence-corrected chi connectivity index (χ4v) is 2.69. The van der Waals surface area contributed by atoms with Crippen LogP contribution in [0, 0.1) is 11.7 Å². The Morgan fingerprint density at radius 2 is 1.96 bits per heavy atom. The number of aromatic nitrogens is 1. The highest BCUT2D eigenvalue weighted by molar-refractivity contribution is 5.75. The maximum Gasteiger partial charge on any atom is 0.132 e. The van der Waals surface area contributed by atoms with E-state index < -0.39 is 0 Å². The van der Waals surface area contributed by atoms with Gasteiger partial charge in [-0.1, -0.05) is 13.8 Å². The second-order valence-corrected chi connectivity index (χ2v) is 6.46. The third-order valence-electron chi connectivity index (χ3n) is 4.00. The predicted octanol–water partition coefficient (Wildman–Crippen LogP) is 5.14. The molecule has 0 unspecified atom stereocenters. The number of benzene rings is 1. The number of hydrogen-bond donors (Lipinski definition) is 1. The van der Waals surface area contributed by atoms with E-state index in [-0.39, 0.29) is 11.6 Å². The third kappa shape index (κ3) is 3.91. The maximum atomic E-state index is 13.9. The third-order valence-corrected chi connectivity index (χ3v) is 4.00. The van der Waals surface area contributed by atoms with E-state index >= 15 is 0 Å². The van der Waals surface area contributed by atoms with Gasteiger partial charge in [-0.3, -0.25) is 0 Å². The number of nitrogens with one attached hydrogen (secondary N) is 1. The van der Waals surface area contributed by atoms with Crippen LogP contribution >= 0.6 is 0 Å². The minimum Gasteiger partial charge on any atom is -0.364 e. The molecule has 24 heavy (non-hydrogen) atoms. The zero-order valence-corrected chi connectivity index (χ0v) is 13.9. The lowest BCUT2D eigenvalue weighted by Gasteiger charge is -2.30. The summed E-state index contributed by atoms with van der Waals surface area (Å²) in [6.07, 6.45) is 4.20. The van der Waals surface area contributed by atoms with Crippen LogP contribution in [-0.2, 0) is 0 Å². The standard InChI is InChI=1S/C19H21F2N3/c1-13(2)7-8-24-12-16(21)9-14-11-22-19(10-18(14)24)23-17-5-3-15(20)4-6-17/h3-6,9-11,13H,7-8,12H2,1-2H3,(H,22,23). The number of fused-ring (bicyclic) bond motifs is 1. The highest BCUT2D eigenvalue weighted by Gasteiger charge is 2.19. The molecule has 0 aliphatic carbocycles. The van der Waals surface area contributed by atoms with Crippen molar-refractivity contribution in [2.45, 2.75) is 20.3 Å². The second-order valence-electron chi connectivity index (χ2n) is 6.46. The Labute approximate surface area is 141 Å². The van der Waals surface area contributed by atoms with Crippen molar-refractivity contribution in [3.05, 3.63) is 53.7 Å². The Hall–Kier alpha value is -2.43. The molecule has 0 radical (unpaired) electrons. The van der Waals surface area contributed by atoms with E-state index in [9.17, 15) is 8.78 Å². The summed E-state index contributed by atoms with van der Waals surface area (Å²) in [5.74, 6) is 0.790. The first kappa shape index (κ1) is 16.4. The van der Waals surface area contributed by atoms with Crippen LogP contribution in [0.15, 0.2) is 42.4 Å². The van der Waals surface area contributed by atoms with E-state index in [1.807, 2.05) is 11.0 Å². The number of nitrogens with zero attached hydrogens (tertiary/aromatic N) is 2. The van der Waals surface area contributed by atoms with Gasteiger partial charge in [0.05, 0.1) is 6.54 Å². The monoisotopic (exact) mass is 329 g/mol. The molecule has 0 fully saturated rings. The summed E-state index contributed by atoms with van der Waals surface area (Å²) in [4.78, 5) is 6.37. The van der Waals surface area contributed by atoms with Crippen LogP contribution in [0.5, 0.6) is 0 Å². The zero-order valence-electron chi connectivity index (χ0n) is 13.9. The first-order chi connectivity index (χ1) is 11.5. The predicted molar refractivity (Wildman–Crippen MR) is 94.7 cm³/mol. The largest absolute Gasteiger partial charge is 0.364 e. The van der Waals surface area contributed by atoms with E-state index in [0.717, 1.165) is 29.9 Å². The van der Waals surface area contributed by atoms with Gasteiger partial charge in [-0.05, 0) is 42.7 Å². The lowest BCUT2D eigenvalue weighted by atomic mass is 10.1. The van der Waals surface area contributed by atoms with Gasteiger partial charge in [0.25, 0.3) is 0 Å². The topological polar surface area (TPSA) is 28.2 Å². The number of pyridine rings is 1. The van der Waals surface area contributed by atoms with Crippen molar-refractivity contribution in [1.82, 2.24) is 4.98 Å². The fourth-order valence-electron chi connectivity index (χ4n) is 2.69. The van der Waals surface area contributed by atoms with Gasteiger partial charge >= 0.3 is 0 Å². The van der Waals surface area contributed by atoms with Crippen molar-refractivity contribution in [2.75, 3.05) is 23.3 Å². The van der Waals surface area contributed by atoms with Crippen molar-refractivity contribution in [2.24, 2.45) is 5.92 Å². The summed E-state index contributed by atoms with van der Waals surface area (Å²) < 4.78 is 26.9. The van der Waals surface area contributed by atoms with Gasteiger partial charge in [-0.2, -0.15) is 0 Å². The van der Waals surface area contributed by atoms with Crippen molar-refractivity contribution >= 4 is 23.3 Å². The lowest BCUT2D eigenvalue weighted by Crippen LogP contribution is -2.29. The molecule has 0 bridgehead atoms. The summed E-state index contributed by atoms with van der Waals surface area (Å²) in [7, 11) is 0. The summed E-state index contributed by atoms with van der Waals surface area (Å²) in [6, 6.07) is 8.03. The van der Waals surface area contributed by atoms with E-state index in [4.69, 9.17) is 0 Å². The minimum atomic E-state index is -0.278. The number of halogens is 2. The van der Waals surface area contributed by atoms with Crippen LogP contribution in [0.25, 0.3) is 6.08 Å². The molecule has 1 aliphatic rings. The van der Waals surface area contributed by atoms with Crippen LogP contribution in [0.3, 0.4) is 0 Å². The molecular weight excluding hydrogens is 308 g/mol. The number of anilines is 3. The lowest BCUT2D eigenvalue weighted by molar-refractivity contribution is 0.552. The van der Waals surface area contributed by atoms with Gasteiger partial charge in [0.1, 0.15) is 17.5 Å². The van der Waals surface area contributed by atoms with E-state index in [2.05, 4.69) is 24.1 Å². The molecule has 1 aromatic heterocycles. The molecule has 5 heteroatoms. The van der Waals surface area contributed by atoms with Crippen LogP contribution in [0.1, 0.15) is 25.8 Å². The highest BCUT2D eigenvalue weighted by Crippen LogP contribution is 2.31. The maximum absolute atomic E-state index is 13.9. The molecule has 2 aromatic rings. The van der Waals surface area contributed by atoms with Crippen molar-refractivity contribution in [3.8, 4) is 0 Å². The summed E-state index contributed by atoms with van der Waals surface area (Å²) >= 11 is 0. The second kappa shape index (κ2) is 6.99. The molecule has 0 amide bonds. The molecule has 0 saturated carbocycles. The first-order valence-corrected chi connectivity index (χ1v) is 8.15. The normalized spacial score (nSPS) is 13.7. The highest BCUT2D eigenvalue weighted by atomic mass is 19.1. The van der Waals surface area contributed by atoms with Gasteiger partial charge in [-0.15, -0.1) is 0 Å². The van der Waals surface area contributed by atoms with Gasteiger partial charge in [0.15, 0.2) is 0 Å². The quantitative estimate of drug-likeness (QED) is 0.823. The SMILES string of the molecule is CC(C)CCN1CC(F)=Cc2cnc(Nc3ccc(F)cc3)cc21. The Balaban J connectivity index is 1.84. The van der Waals surface area contributed by atoms with Gasteiger partial charge in [-0.25, -0.2) is 13.8 Å². The minimum absolute atomic E-state index is 0.146. The molecule has 0 atom stereocenters. The van der Waals surface area contributed by atoms with Gasteiger partial charge in [0.2, 0.25) is 0 Å². The Kier molecular flexibility index (Phi) is 4.79. The Morgan fingerprint density at radius 1 is 1.21 bits per heavy atom. The Morgan fingerprint density at radius 3 is 2.67 bits per heavy atom. The molecule has 0 saturated heterocycles. The summed E-state index contributed by atoms with van der Waals surface area (Å²) in [6.45, 7) is 5.40. The van der Waals surface area contributed by atoms with Crippen molar-refractivity contribution in [3.63, 3.8) is 0 Å². The Bertz CT molecular complexity index is 739. The smallest absolute Gasteiger partial charge is 0.132 e. The van der Waals surface area contributed by atoms with Crippen molar-refractivity contribution < 1.29 is 8.78 Å². The molecule has 0 spiro atoms. The van der Waals surface area contributed by atoms with Gasteiger partial charge in [0, 0.05) is 35.7 Å². The molecule has 2 heterocycles. The molecule has 3 rings (SSSR count). The summed E-state index contributed by atoms with van der Waals surface area (Å²) in [5.41, 5.74) is 2.51. The van der Waals surface area contributed by atoms with Crippen LogP contribution in [-0.4, -0.2) is 18.1 Å². The van der Waals surface area contributed by atoms with Gasteiger partial charge < -0.3 is 10.2 Å². The van der Waals surface area contributed by atoms with E-state index in [0.29, 0.717) is 18.3 Å². The molecule has 3 nitrogen and oxygen atoms in total. The van der Waals surface area contributed by atoms with E-state index in [1.165, 1.54) is 18.2 Å². The van der Waals surface area contributed by atoms with Crippen LogP contribution in [0.4, 0.5) is 26.0 Å². The molecular formula is C19H21F2N3. The van der Waals surface area contributed by atoms with Crippen LogP contribution < -0.4 is 10.2 Å². The molecule has 1 aromatic carbocycles. The van der Waals surface area contributed by atoms with E-state index in [1.54, 1.807) is 18.3 Å². The fraction of sp³-hybridized carbons (Fsp3) is 0.316. The average molecular weight is 329 g/mol. The first-order valence-electron chi connectivity index (χ1n) is 8.15. The molecule has 1 aliphatic heterocycles. The average Bonchev–Trinajstić information content (AvgIpc) is 2.55. The number of rotatable bonds is 5. The molecule has 1 N–H and O–H groups in total. The van der Waals surface area contributed by atoms with Crippen LogP contribution in [0.2, 0.25) is 0 Å². The van der Waals surface area contributed by atoms with Crippen molar-refractivity contribution in [1.29, 1.82) is 0 Å².